The van der Waals surface area contributed by atoms with Crippen LogP contribution in [0.5, 0.6) is 34.5 Å². The maximum absolute atomic E-state index is 12.9. The topological polar surface area (TPSA) is 186 Å². The molecule has 0 atom stereocenters. The van der Waals surface area contributed by atoms with E-state index in [0.29, 0.717) is 34.4 Å². The predicted octanol–water partition coefficient (Wildman–Crippen LogP) is 4.58. The lowest BCUT2D eigenvalue weighted by molar-refractivity contribution is -0.384. The standard InChI is InChI=1S/C32H26N4O11/c1-42-27-14-20(15-28(43-2)29(27)44-3)30(37)34-22-7-4-18(5-8-22)31(38)35-33-16-21-12-23(36(40)41)9-11-24(21)47-32(39)19-6-10-25-26(13-19)46-17-45-25/h4-16H,17H2,1-3H3,(H,34,37)(H,35,38)/b33-16+. The van der Waals surface area contributed by atoms with Crippen LogP contribution in [0, 0.1) is 10.1 Å². The Morgan fingerprint density at radius 2 is 1.47 bits per heavy atom. The Labute approximate surface area is 266 Å². The summed E-state index contributed by atoms with van der Waals surface area (Å²) < 4.78 is 31.9. The fourth-order valence-corrected chi connectivity index (χ4v) is 4.37. The van der Waals surface area contributed by atoms with Crippen molar-refractivity contribution in [3.05, 3.63) is 105 Å². The third kappa shape index (κ3) is 7.20. The number of hydrogen-bond donors (Lipinski definition) is 2. The minimum absolute atomic E-state index is 0.0276. The highest BCUT2D eigenvalue weighted by Crippen LogP contribution is 2.38. The van der Waals surface area contributed by atoms with Crippen LogP contribution in [-0.2, 0) is 0 Å². The SMILES string of the molecule is COc1cc(C(=O)Nc2ccc(C(=O)N/N=C/c3cc([N+](=O)[O-])ccc3OC(=O)c3ccc4c(c3)OCO4)cc2)cc(OC)c1OC. The molecule has 0 fully saturated rings. The zero-order valence-corrected chi connectivity index (χ0v) is 25.1. The van der Waals surface area contributed by atoms with Crippen molar-refractivity contribution in [2.45, 2.75) is 0 Å². The van der Waals surface area contributed by atoms with E-state index in [1.54, 1.807) is 6.07 Å². The van der Waals surface area contributed by atoms with Crippen LogP contribution in [0.1, 0.15) is 36.6 Å². The quantitative estimate of drug-likeness (QED) is 0.0766. The van der Waals surface area contributed by atoms with Crippen molar-refractivity contribution in [2.24, 2.45) is 5.10 Å². The average Bonchev–Trinajstić information content (AvgIpc) is 3.56. The molecule has 2 N–H and O–H groups in total. The van der Waals surface area contributed by atoms with E-state index in [0.717, 1.165) is 12.3 Å². The summed E-state index contributed by atoms with van der Waals surface area (Å²) in [6.07, 6.45) is 1.11. The first-order valence-corrected chi connectivity index (χ1v) is 13.7. The highest BCUT2D eigenvalue weighted by Gasteiger charge is 2.20. The number of nitro benzene ring substituents is 1. The predicted molar refractivity (Wildman–Crippen MR) is 166 cm³/mol. The van der Waals surface area contributed by atoms with Crippen LogP contribution in [0.15, 0.2) is 77.9 Å². The van der Waals surface area contributed by atoms with Gasteiger partial charge in [-0.15, -0.1) is 0 Å². The molecule has 0 saturated carbocycles. The van der Waals surface area contributed by atoms with E-state index >= 15 is 0 Å². The summed E-state index contributed by atoms with van der Waals surface area (Å²) in [7, 11) is 4.33. The number of carbonyl (C=O) groups excluding carboxylic acids is 3. The molecule has 0 aliphatic carbocycles. The molecule has 1 aliphatic rings. The minimum atomic E-state index is -0.756. The molecule has 5 rings (SSSR count). The number of benzene rings is 4. The van der Waals surface area contributed by atoms with Crippen LogP contribution in [0.3, 0.4) is 0 Å². The highest BCUT2D eigenvalue weighted by molar-refractivity contribution is 6.05. The molecular weight excluding hydrogens is 616 g/mol. The van der Waals surface area contributed by atoms with Crippen LogP contribution in [0.4, 0.5) is 11.4 Å². The van der Waals surface area contributed by atoms with E-state index < -0.39 is 22.7 Å². The Kier molecular flexibility index (Phi) is 9.45. The number of hydrazone groups is 1. The van der Waals surface area contributed by atoms with Crippen molar-refractivity contribution in [1.82, 2.24) is 5.43 Å². The summed E-state index contributed by atoms with van der Waals surface area (Å²) in [5, 5.41) is 18.0. The average molecular weight is 643 g/mol. The number of carbonyl (C=O) groups is 3. The Morgan fingerprint density at radius 3 is 2.13 bits per heavy atom. The van der Waals surface area contributed by atoms with E-state index in [9.17, 15) is 24.5 Å². The number of amides is 2. The molecule has 1 heterocycles. The van der Waals surface area contributed by atoms with Gasteiger partial charge in [0.05, 0.1) is 38.0 Å². The fourth-order valence-electron chi connectivity index (χ4n) is 4.37. The van der Waals surface area contributed by atoms with Crippen LogP contribution in [0.2, 0.25) is 0 Å². The first kappa shape index (κ1) is 31.8. The molecule has 1 aliphatic heterocycles. The van der Waals surface area contributed by atoms with Crippen molar-refractivity contribution in [2.75, 3.05) is 33.4 Å². The monoisotopic (exact) mass is 642 g/mol. The lowest BCUT2D eigenvalue weighted by Crippen LogP contribution is -2.18. The number of nitrogens with one attached hydrogen (secondary N) is 2. The third-order valence-electron chi connectivity index (χ3n) is 6.72. The minimum Gasteiger partial charge on any atom is -0.493 e. The summed E-state index contributed by atoms with van der Waals surface area (Å²) in [6.45, 7) is 0.0276. The van der Waals surface area contributed by atoms with Crippen molar-refractivity contribution < 1.29 is 47.7 Å². The van der Waals surface area contributed by atoms with Crippen LogP contribution < -0.4 is 39.2 Å². The van der Waals surface area contributed by atoms with Crippen LogP contribution in [-0.4, -0.2) is 57.0 Å². The molecule has 4 aromatic carbocycles. The number of anilines is 1. The molecule has 0 radical (unpaired) electrons. The number of methoxy groups -OCH3 is 3. The fraction of sp³-hybridized carbons (Fsp3) is 0.125. The van der Waals surface area contributed by atoms with Gasteiger partial charge in [-0.25, -0.2) is 10.2 Å². The molecule has 240 valence electrons. The second-order valence-electron chi connectivity index (χ2n) is 9.58. The van der Waals surface area contributed by atoms with Gasteiger partial charge in [-0.2, -0.15) is 5.10 Å². The molecule has 0 aromatic heterocycles. The van der Waals surface area contributed by atoms with Gasteiger partial charge < -0.3 is 33.7 Å². The first-order chi connectivity index (χ1) is 22.7. The molecule has 0 saturated heterocycles. The van der Waals surface area contributed by atoms with Crippen molar-refractivity contribution in [3.8, 4) is 34.5 Å². The van der Waals surface area contributed by atoms with Gasteiger partial charge in [-0.3, -0.25) is 19.7 Å². The number of esters is 1. The number of fused-ring (bicyclic) bond motifs is 1. The molecule has 15 nitrogen and oxygen atoms in total. The first-order valence-electron chi connectivity index (χ1n) is 13.7. The molecular formula is C32H26N4O11. The summed E-state index contributed by atoms with van der Waals surface area (Å²) in [5.41, 5.74) is 3.09. The molecule has 0 spiro atoms. The van der Waals surface area contributed by atoms with E-state index in [2.05, 4.69) is 15.8 Å². The van der Waals surface area contributed by atoms with Crippen molar-refractivity contribution in [1.29, 1.82) is 0 Å². The molecule has 0 bridgehead atoms. The summed E-state index contributed by atoms with van der Waals surface area (Å²) >= 11 is 0. The van der Waals surface area contributed by atoms with Gasteiger partial charge in [-0.05, 0) is 60.7 Å². The Bertz CT molecular complexity index is 1870. The second kappa shape index (κ2) is 14.0. The lowest BCUT2D eigenvalue weighted by Gasteiger charge is -2.14. The van der Waals surface area contributed by atoms with Crippen molar-refractivity contribution in [3.63, 3.8) is 0 Å². The molecule has 2 amide bonds. The number of nitrogens with zero attached hydrogens (tertiary/aromatic N) is 2. The van der Waals surface area contributed by atoms with Crippen LogP contribution >= 0.6 is 0 Å². The van der Waals surface area contributed by atoms with Gasteiger partial charge in [-0.1, -0.05) is 0 Å². The van der Waals surface area contributed by atoms with E-state index in [1.807, 2.05) is 0 Å². The van der Waals surface area contributed by atoms with E-state index in [-0.39, 0.29) is 40.5 Å². The zero-order chi connectivity index (χ0) is 33.5. The smallest absolute Gasteiger partial charge is 0.343 e. The number of hydrogen-bond acceptors (Lipinski definition) is 12. The third-order valence-corrected chi connectivity index (χ3v) is 6.72. The second-order valence-corrected chi connectivity index (χ2v) is 9.58. The van der Waals surface area contributed by atoms with E-state index in [1.165, 1.54) is 82.0 Å². The van der Waals surface area contributed by atoms with Gasteiger partial charge in [0.1, 0.15) is 5.75 Å². The Morgan fingerprint density at radius 1 is 0.787 bits per heavy atom. The zero-order valence-electron chi connectivity index (χ0n) is 25.1. The Hall–Kier alpha value is -6.64. The number of ether oxygens (including phenoxy) is 6. The number of rotatable bonds is 11. The maximum atomic E-state index is 12.9. The summed E-state index contributed by atoms with van der Waals surface area (Å²) in [5.74, 6) is -0.0529. The number of non-ortho nitro benzene ring substituents is 1. The highest BCUT2D eigenvalue weighted by atomic mass is 16.7. The molecule has 15 heteroatoms. The molecule has 4 aromatic rings. The largest absolute Gasteiger partial charge is 0.493 e. The molecule has 47 heavy (non-hydrogen) atoms. The van der Waals surface area contributed by atoms with Gasteiger partial charge in [0.25, 0.3) is 17.5 Å². The van der Waals surface area contributed by atoms with Gasteiger partial charge in [0.15, 0.2) is 23.0 Å². The Balaban J connectivity index is 1.25. The maximum Gasteiger partial charge on any atom is 0.343 e. The van der Waals surface area contributed by atoms with Crippen LogP contribution in [0.25, 0.3) is 0 Å². The van der Waals surface area contributed by atoms with Gasteiger partial charge in [0.2, 0.25) is 12.5 Å². The van der Waals surface area contributed by atoms with Crippen molar-refractivity contribution >= 4 is 35.4 Å². The van der Waals surface area contributed by atoms with Gasteiger partial charge >= 0.3 is 5.97 Å². The van der Waals surface area contributed by atoms with E-state index in [4.69, 9.17) is 28.4 Å². The van der Waals surface area contributed by atoms with Gasteiger partial charge in [0, 0.05) is 34.5 Å². The number of nitro groups is 1. The summed E-state index contributed by atoms with van der Waals surface area (Å²) in [4.78, 5) is 49.2. The molecule has 0 unspecified atom stereocenters. The lowest BCUT2D eigenvalue weighted by atomic mass is 10.1. The summed E-state index contributed by atoms with van der Waals surface area (Å²) in [6, 6.07) is 17.0. The normalized spacial score (nSPS) is 11.5.